The first kappa shape index (κ1) is 24.3. The molecule has 5 rings (SSSR count). The molecule has 9 nitrogen and oxygen atoms in total. The van der Waals surface area contributed by atoms with Crippen LogP contribution in [0.3, 0.4) is 0 Å². The molecule has 0 unspecified atom stereocenters. The van der Waals surface area contributed by atoms with Crippen molar-refractivity contribution in [1.82, 2.24) is 29.5 Å². The lowest BCUT2D eigenvalue weighted by molar-refractivity contribution is 0.216. The Kier molecular flexibility index (Phi) is 7.47. The van der Waals surface area contributed by atoms with E-state index in [0.29, 0.717) is 58.4 Å². The summed E-state index contributed by atoms with van der Waals surface area (Å²) >= 11 is 12.6. The van der Waals surface area contributed by atoms with Gasteiger partial charge in [-0.15, -0.1) is 5.10 Å². The van der Waals surface area contributed by atoms with E-state index >= 15 is 0 Å². The highest BCUT2D eigenvalue weighted by Gasteiger charge is 2.17. The van der Waals surface area contributed by atoms with Crippen molar-refractivity contribution < 1.29 is 0 Å². The highest BCUT2D eigenvalue weighted by atomic mass is 35.5. The highest BCUT2D eigenvalue weighted by Crippen LogP contribution is 2.30. The monoisotopic (exact) mass is 521 g/mol. The summed E-state index contributed by atoms with van der Waals surface area (Å²) < 4.78 is 1.74. The number of nitrogens with one attached hydrogen (secondary N) is 2. The summed E-state index contributed by atoms with van der Waals surface area (Å²) in [5, 5.41) is 21.4. The molecule has 0 aliphatic carbocycles. The zero-order chi connectivity index (χ0) is 24.9. The van der Waals surface area contributed by atoms with Crippen LogP contribution in [-0.4, -0.2) is 55.6 Å². The van der Waals surface area contributed by atoms with Gasteiger partial charge in [-0.25, -0.2) is 15.0 Å². The molecule has 1 fully saturated rings. The number of pyridine rings is 1. The zero-order valence-electron chi connectivity index (χ0n) is 19.6. The molecule has 2 N–H and O–H groups in total. The van der Waals surface area contributed by atoms with Crippen LogP contribution in [0.15, 0.2) is 42.6 Å². The summed E-state index contributed by atoms with van der Waals surface area (Å²) in [6.07, 6.45) is 5.24. The minimum Gasteiger partial charge on any atom is -0.368 e. The van der Waals surface area contributed by atoms with E-state index < -0.39 is 0 Å². The molecule has 11 heteroatoms. The van der Waals surface area contributed by atoms with Gasteiger partial charge in [0.25, 0.3) is 0 Å². The van der Waals surface area contributed by atoms with E-state index in [1.165, 1.54) is 19.3 Å². The second kappa shape index (κ2) is 11.1. The van der Waals surface area contributed by atoms with Crippen molar-refractivity contribution in [3.8, 4) is 17.3 Å². The average molecular weight is 522 g/mol. The molecule has 3 aromatic heterocycles. The van der Waals surface area contributed by atoms with Gasteiger partial charge in [-0.2, -0.15) is 9.78 Å². The average Bonchev–Trinajstić information content (AvgIpc) is 3.30. The maximum absolute atomic E-state index is 8.93. The molecule has 1 saturated heterocycles. The second-order valence-corrected chi connectivity index (χ2v) is 9.47. The number of nitriles is 1. The Morgan fingerprint density at radius 3 is 2.56 bits per heavy atom. The zero-order valence-corrected chi connectivity index (χ0v) is 21.1. The number of piperidine rings is 1. The van der Waals surface area contributed by atoms with Gasteiger partial charge in [0.2, 0.25) is 5.95 Å². The number of benzene rings is 1. The van der Waals surface area contributed by atoms with Crippen molar-refractivity contribution in [2.24, 2.45) is 0 Å². The molecular weight excluding hydrogens is 497 g/mol. The molecule has 0 saturated carbocycles. The molecule has 0 bridgehead atoms. The fraction of sp³-hybridized carbons (Fsp3) is 0.320. The maximum Gasteiger partial charge on any atom is 0.226 e. The molecule has 4 aromatic rings. The minimum atomic E-state index is 0.520. The molecule has 1 aliphatic rings. The van der Waals surface area contributed by atoms with Crippen LogP contribution in [-0.2, 0) is 6.54 Å². The standard InChI is InChI=1S/C25H25Cl2N9/c26-18-5-6-19(20(27)12-18)21-13-24-33-23(16-35-10-2-1-3-11-35)34-36(24)25(32-21)30-9-8-29-22-7-4-17(14-28)15-31-22/h4-7,12-13,15H,1-3,8-11,16H2,(H,29,31)(H,30,32). The van der Waals surface area contributed by atoms with E-state index in [0.717, 1.165) is 24.5 Å². The van der Waals surface area contributed by atoms with Crippen LogP contribution in [0.1, 0.15) is 30.7 Å². The Bertz CT molecular complexity index is 1390. The van der Waals surface area contributed by atoms with Gasteiger partial charge >= 0.3 is 0 Å². The SMILES string of the molecule is N#Cc1ccc(NCCNc2nc(-c3ccc(Cl)cc3Cl)cc3nc(CN4CCCCC4)nn23)nc1. The first-order valence-electron chi connectivity index (χ1n) is 11.9. The summed E-state index contributed by atoms with van der Waals surface area (Å²) in [5.74, 6) is 2.03. The largest absolute Gasteiger partial charge is 0.368 e. The third kappa shape index (κ3) is 5.68. The molecule has 0 radical (unpaired) electrons. The number of fused-ring (bicyclic) bond motifs is 1. The van der Waals surface area contributed by atoms with E-state index in [9.17, 15) is 0 Å². The predicted octanol–water partition coefficient (Wildman–Crippen LogP) is 4.87. The molecule has 4 heterocycles. The van der Waals surface area contributed by atoms with Gasteiger partial charge in [0.1, 0.15) is 11.9 Å². The number of nitrogens with zero attached hydrogens (tertiary/aromatic N) is 7. The lowest BCUT2D eigenvalue weighted by Crippen LogP contribution is -2.29. The summed E-state index contributed by atoms with van der Waals surface area (Å²) in [6.45, 7) is 4.00. The number of hydrogen-bond donors (Lipinski definition) is 2. The molecule has 0 spiro atoms. The number of aromatic nitrogens is 5. The van der Waals surface area contributed by atoms with E-state index in [2.05, 4.69) is 26.6 Å². The van der Waals surface area contributed by atoms with Gasteiger partial charge in [-0.1, -0.05) is 29.6 Å². The topological polar surface area (TPSA) is 107 Å². The summed E-state index contributed by atoms with van der Waals surface area (Å²) in [5.41, 5.74) is 2.68. The number of halogens is 2. The summed E-state index contributed by atoms with van der Waals surface area (Å²) in [7, 11) is 0. The van der Waals surface area contributed by atoms with Gasteiger partial charge in [0.05, 0.1) is 22.8 Å². The second-order valence-electron chi connectivity index (χ2n) is 8.62. The number of rotatable bonds is 8. The third-order valence-electron chi connectivity index (χ3n) is 6.00. The van der Waals surface area contributed by atoms with Crippen LogP contribution in [0.5, 0.6) is 0 Å². The van der Waals surface area contributed by atoms with Gasteiger partial charge in [0.15, 0.2) is 11.5 Å². The Hall–Kier alpha value is -3.45. The third-order valence-corrected chi connectivity index (χ3v) is 6.54. The Morgan fingerprint density at radius 2 is 1.81 bits per heavy atom. The number of likely N-dealkylation sites (tertiary alicyclic amines) is 1. The predicted molar refractivity (Wildman–Crippen MR) is 141 cm³/mol. The number of hydrogen-bond acceptors (Lipinski definition) is 8. The fourth-order valence-electron chi connectivity index (χ4n) is 4.20. The molecule has 1 aromatic carbocycles. The van der Waals surface area contributed by atoms with Crippen LogP contribution in [0, 0.1) is 11.3 Å². The van der Waals surface area contributed by atoms with Gasteiger partial charge in [-0.05, 0) is 56.3 Å². The molecular formula is C25H25Cl2N9. The van der Waals surface area contributed by atoms with Crippen molar-refractivity contribution in [3.05, 3.63) is 64.0 Å². The van der Waals surface area contributed by atoms with E-state index in [1.807, 2.05) is 12.1 Å². The summed E-state index contributed by atoms with van der Waals surface area (Å²) in [4.78, 5) is 16.3. The fourth-order valence-corrected chi connectivity index (χ4v) is 4.70. The number of anilines is 2. The van der Waals surface area contributed by atoms with Crippen molar-refractivity contribution >= 4 is 40.6 Å². The van der Waals surface area contributed by atoms with E-state index in [-0.39, 0.29) is 0 Å². The van der Waals surface area contributed by atoms with Gasteiger partial charge in [-0.3, -0.25) is 4.90 Å². The van der Waals surface area contributed by atoms with E-state index in [4.69, 9.17) is 43.5 Å². The molecule has 0 amide bonds. The molecule has 1 aliphatic heterocycles. The van der Waals surface area contributed by atoms with Crippen molar-refractivity contribution in [1.29, 1.82) is 5.26 Å². The van der Waals surface area contributed by atoms with Crippen LogP contribution >= 0.6 is 23.2 Å². The first-order valence-corrected chi connectivity index (χ1v) is 12.6. The van der Waals surface area contributed by atoms with Crippen molar-refractivity contribution in [2.45, 2.75) is 25.8 Å². The quantitative estimate of drug-likeness (QED) is 0.316. The normalized spacial score (nSPS) is 14.0. The lowest BCUT2D eigenvalue weighted by atomic mass is 10.1. The maximum atomic E-state index is 8.93. The van der Waals surface area contributed by atoms with Crippen LogP contribution < -0.4 is 10.6 Å². The van der Waals surface area contributed by atoms with Crippen LogP contribution in [0.2, 0.25) is 10.0 Å². The first-order chi connectivity index (χ1) is 17.6. The minimum absolute atomic E-state index is 0.520. The Morgan fingerprint density at radius 1 is 0.972 bits per heavy atom. The Balaban J connectivity index is 1.38. The summed E-state index contributed by atoms with van der Waals surface area (Å²) in [6, 6.07) is 12.8. The van der Waals surface area contributed by atoms with Gasteiger partial charge < -0.3 is 10.6 Å². The van der Waals surface area contributed by atoms with Crippen LogP contribution in [0.4, 0.5) is 11.8 Å². The molecule has 184 valence electrons. The van der Waals surface area contributed by atoms with E-state index in [1.54, 1.807) is 35.0 Å². The Labute approximate surface area is 219 Å². The molecule has 36 heavy (non-hydrogen) atoms. The lowest BCUT2D eigenvalue weighted by Gasteiger charge is -2.24. The highest BCUT2D eigenvalue weighted by molar-refractivity contribution is 6.36. The van der Waals surface area contributed by atoms with Crippen molar-refractivity contribution in [3.63, 3.8) is 0 Å². The van der Waals surface area contributed by atoms with Crippen LogP contribution in [0.25, 0.3) is 16.9 Å². The van der Waals surface area contributed by atoms with Crippen molar-refractivity contribution in [2.75, 3.05) is 36.8 Å². The molecule has 0 atom stereocenters. The smallest absolute Gasteiger partial charge is 0.226 e. The van der Waals surface area contributed by atoms with Gasteiger partial charge in [0, 0.05) is 35.9 Å².